The van der Waals surface area contributed by atoms with E-state index < -0.39 is 0 Å². The van der Waals surface area contributed by atoms with Crippen LogP contribution < -0.4 is 5.73 Å². The van der Waals surface area contributed by atoms with Crippen LogP contribution in [0.5, 0.6) is 0 Å². The zero-order valence-electron chi connectivity index (χ0n) is 9.46. The molecule has 1 aromatic rings. The lowest BCUT2D eigenvalue weighted by Gasteiger charge is -2.34. The van der Waals surface area contributed by atoms with E-state index in [0.29, 0.717) is 26.2 Å². The summed E-state index contributed by atoms with van der Waals surface area (Å²) in [6, 6.07) is 1.82. The Morgan fingerprint density at radius 3 is 2.41 bits per heavy atom. The van der Waals surface area contributed by atoms with Crippen LogP contribution in [0, 0.1) is 0 Å². The lowest BCUT2D eigenvalue weighted by molar-refractivity contribution is -0.131. The Bertz CT molecular complexity index is 397. The van der Waals surface area contributed by atoms with Crippen LogP contribution in [0.4, 0.5) is 0 Å². The first-order chi connectivity index (χ1) is 8.22. The third-order valence-corrected chi connectivity index (χ3v) is 3.55. The third kappa shape index (κ3) is 2.65. The Balaban J connectivity index is 1.91. The molecular formula is C11H15N3O2S. The van der Waals surface area contributed by atoms with Gasteiger partial charge in [0.2, 0.25) is 5.91 Å². The molecule has 17 heavy (non-hydrogen) atoms. The van der Waals surface area contributed by atoms with Crippen LogP contribution in [0.25, 0.3) is 0 Å². The quantitative estimate of drug-likeness (QED) is 0.806. The van der Waals surface area contributed by atoms with Crippen molar-refractivity contribution < 1.29 is 9.59 Å². The van der Waals surface area contributed by atoms with Crippen LogP contribution in [-0.2, 0) is 4.79 Å². The normalized spacial score (nSPS) is 16.1. The maximum absolute atomic E-state index is 12.0. The van der Waals surface area contributed by atoms with Crippen molar-refractivity contribution in [3.8, 4) is 0 Å². The molecule has 0 atom stereocenters. The topological polar surface area (TPSA) is 66.6 Å². The fraction of sp³-hybridized carbons (Fsp3) is 0.455. The van der Waals surface area contributed by atoms with Crippen LogP contribution in [0.2, 0.25) is 0 Å². The fourth-order valence-corrected chi connectivity index (χ4v) is 2.49. The van der Waals surface area contributed by atoms with Crippen LogP contribution in [0.3, 0.4) is 0 Å². The second kappa shape index (κ2) is 5.29. The van der Waals surface area contributed by atoms with Crippen LogP contribution in [0.1, 0.15) is 10.4 Å². The monoisotopic (exact) mass is 253 g/mol. The van der Waals surface area contributed by atoms with E-state index in [1.54, 1.807) is 9.80 Å². The second-order valence-electron chi connectivity index (χ2n) is 3.89. The van der Waals surface area contributed by atoms with Gasteiger partial charge in [-0.15, -0.1) is 0 Å². The molecule has 0 bridgehead atoms. The highest BCUT2D eigenvalue weighted by molar-refractivity contribution is 7.08. The van der Waals surface area contributed by atoms with E-state index in [4.69, 9.17) is 5.73 Å². The van der Waals surface area contributed by atoms with Gasteiger partial charge >= 0.3 is 0 Å². The van der Waals surface area contributed by atoms with E-state index in [1.165, 1.54) is 11.3 Å². The van der Waals surface area contributed by atoms with Crippen LogP contribution in [0.15, 0.2) is 16.8 Å². The Labute approximate surface area is 104 Å². The van der Waals surface area contributed by atoms with Gasteiger partial charge in [0.25, 0.3) is 5.91 Å². The Morgan fingerprint density at radius 1 is 1.24 bits per heavy atom. The van der Waals surface area contributed by atoms with Crippen LogP contribution in [-0.4, -0.2) is 54.3 Å². The zero-order chi connectivity index (χ0) is 12.3. The molecule has 2 rings (SSSR count). The molecule has 0 unspecified atom stereocenters. The SMILES string of the molecule is NCC(=O)N1CCN(C(=O)c2ccsc2)CC1. The number of rotatable bonds is 2. The number of thiophene rings is 1. The summed E-state index contributed by atoms with van der Waals surface area (Å²) in [5, 5.41) is 3.74. The molecule has 0 radical (unpaired) electrons. The predicted molar refractivity (Wildman–Crippen MR) is 65.9 cm³/mol. The number of carbonyl (C=O) groups is 2. The minimum Gasteiger partial charge on any atom is -0.338 e. The molecule has 2 N–H and O–H groups in total. The molecule has 0 aromatic carbocycles. The summed E-state index contributed by atoms with van der Waals surface area (Å²) >= 11 is 1.51. The molecule has 0 aliphatic carbocycles. The molecule has 1 aliphatic heterocycles. The minimum absolute atomic E-state index is 0.0402. The van der Waals surface area contributed by atoms with Gasteiger partial charge in [0.15, 0.2) is 0 Å². The van der Waals surface area contributed by atoms with E-state index >= 15 is 0 Å². The van der Waals surface area contributed by atoms with Crippen molar-refractivity contribution in [1.29, 1.82) is 0 Å². The Hall–Kier alpha value is -1.40. The maximum Gasteiger partial charge on any atom is 0.254 e. The molecule has 2 heterocycles. The maximum atomic E-state index is 12.0. The van der Waals surface area contributed by atoms with Gasteiger partial charge in [0.1, 0.15) is 0 Å². The van der Waals surface area contributed by atoms with E-state index in [1.807, 2.05) is 16.8 Å². The summed E-state index contributed by atoms with van der Waals surface area (Å²) in [6.07, 6.45) is 0. The van der Waals surface area contributed by atoms with Gasteiger partial charge in [-0.05, 0) is 11.4 Å². The smallest absolute Gasteiger partial charge is 0.254 e. The summed E-state index contributed by atoms with van der Waals surface area (Å²) < 4.78 is 0. The van der Waals surface area contributed by atoms with Gasteiger partial charge in [0.05, 0.1) is 12.1 Å². The number of amides is 2. The second-order valence-corrected chi connectivity index (χ2v) is 4.67. The van der Waals surface area contributed by atoms with Gasteiger partial charge in [-0.2, -0.15) is 11.3 Å². The summed E-state index contributed by atoms with van der Waals surface area (Å²) in [5.74, 6) is -0.00118. The molecule has 0 saturated carbocycles. The van der Waals surface area contributed by atoms with Crippen molar-refractivity contribution in [2.45, 2.75) is 0 Å². The van der Waals surface area contributed by atoms with E-state index in [9.17, 15) is 9.59 Å². The fourth-order valence-electron chi connectivity index (χ4n) is 1.86. The first-order valence-corrected chi connectivity index (χ1v) is 6.46. The van der Waals surface area contributed by atoms with E-state index in [-0.39, 0.29) is 18.4 Å². The molecule has 92 valence electrons. The lowest BCUT2D eigenvalue weighted by Crippen LogP contribution is -2.51. The van der Waals surface area contributed by atoms with Gasteiger partial charge in [-0.25, -0.2) is 0 Å². The Kier molecular flexibility index (Phi) is 3.75. The van der Waals surface area contributed by atoms with Crippen molar-refractivity contribution >= 4 is 23.2 Å². The number of piperazine rings is 1. The standard InChI is InChI=1S/C11H15N3O2S/c12-7-10(15)13-2-4-14(5-3-13)11(16)9-1-6-17-8-9/h1,6,8H,2-5,7,12H2. The highest BCUT2D eigenvalue weighted by Gasteiger charge is 2.24. The number of nitrogens with zero attached hydrogens (tertiary/aromatic N) is 2. The number of carbonyl (C=O) groups excluding carboxylic acids is 2. The van der Waals surface area contributed by atoms with Crippen molar-refractivity contribution in [1.82, 2.24) is 9.80 Å². The number of nitrogens with two attached hydrogens (primary N) is 1. The van der Waals surface area contributed by atoms with Crippen LogP contribution >= 0.6 is 11.3 Å². The Morgan fingerprint density at radius 2 is 1.88 bits per heavy atom. The predicted octanol–water partition coefficient (Wildman–Crippen LogP) is -0.00880. The van der Waals surface area contributed by atoms with Crippen molar-refractivity contribution in [3.05, 3.63) is 22.4 Å². The molecule has 6 heteroatoms. The van der Waals surface area contributed by atoms with Gasteiger partial charge in [-0.3, -0.25) is 9.59 Å². The average Bonchev–Trinajstić information content (AvgIpc) is 2.91. The minimum atomic E-state index is -0.0485. The van der Waals surface area contributed by atoms with Crippen molar-refractivity contribution in [2.24, 2.45) is 5.73 Å². The zero-order valence-corrected chi connectivity index (χ0v) is 10.3. The first-order valence-electron chi connectivity index (χ1n) is 5.51. The molecule has 1 aliphatic rings. The third-order valence-electron chi connectivity index (χ3n) is 2.86. The summed E-state index contributed by atoms with van der Waals surface area (Å²) in [6.45, 7) is 2.36. The van der Waals surface area contributed by atoms with Crippen molar-refractivity contribution in [2.75, 3.05) is 32.7 Å². The lowest BCUT2D eigenvalue weighted by atomic mass is 10.2. The van der Waals surface area contributed by atoms with E-state index in [0.717, 1.165) is 5.56 Å². The first kappa shape index (κ1) is 12.1. The molecular weight excluding hydrogens is 238 g/mol. The number of hydrogen-bond acceptors (Lipinski definition) is 4. The molecule has 2 amide bonds. The average molecular weight is 253 g/mol. The van der Waals surface area contributed by atoms with Crippen molar-refractivity contribution in [3.63, 3.8) is 0 Å². The summed E-state index contributed by atoms with van der Waals surface area (Å²) in [7, 11) is 0. The van der Waals surface area contributed by atoms with Gasteiger partial charge in [-0.1, -0.05) is 0 Å². The number of hydrogen-bond donors (Lipinski definition) is 1. The molecule has 1 fully saturated rings. The molecule has 5 nitrogen and oxygen atoms in total. The van der Waals surface area contributed by atoms with E-state index in [2.05, 4.69) is 0 Å². The molecule has 1 aromatic heterocycles. The summed E-state index contributed by atoms with van der Waals surface area (Å²) in [5.41, 5.74) is 6.03. The molecule has 1 saturated heterocycles. The largest absolute Gasteiger partial charge is 0.338 e. The molecule has 0 spiro atoms. The van der Waals surface area contributed by atoms with Gasteiger partial charge in [0, 0.05) is 31.6 Å². The highest BCUT2D eigenvalue weighted by atomic mass is 32.1. The van der Waals surface area contributed by atoms with Gasteiger partial charge < -0.3 is 15.5 Å². The highest BCUT2D eigenvalue weighted by Crippen LogP contribution is 2.11. The summed E-state index contributed by atoms with van der Waals surface area (Å²) in [4.78, 5) is 26.9.